The van der Waals surface area contributed by atoms with Crippen LogP contribution in [0.2, 0.25) is 0 Å². The normalized spacial score (nSPS) is 24.9. The SMILES string of the molecule is CCCC1CN(C(C)COCC)C(c2ccccc2)CN1. The Bertz CT molecular complexity index is 395. The average molecular weight is 290 g/mol. The highest BCUT2D eigenvalue weighted by molar-refractivity contribution is 5.20. The number of hydrogen-bond acceptors (Lipinski definition) is 3. The van der Waals surface area contributed by atoms with Gasteiger partial charge in [0.15, 0.2) is 0 Å². The minimum Gasteiger partial charge on any atom is -0.380 e. The van der Waals surface area contributed by atoms with Crippen molar-refractivity contribution in [1.29, 1.82) is 0 Å². The van der Waals surface area contributed by atoms with Crippen molar-refractivity contribution in [2.45, 2.75) is 51.7 Å². The number of piperazine rings is 1. The topological polar surface area (TPSA) is 24.5 Å². The zero-order valence-corrected chi connectivity index (χ0v) is 13.7. The number of hydrogen-bond donors (Lipinski definition) is 1. The van der Waals surface area contributed by atoms with E-state index in [1.54, 1.807) is 0 Å². The summed E-state index contributed by atoms with van der Waals surface area (Å²) in [6.45, 7) is 10.4. The summed E-state index contributed by atoms with van der Waals surface area (Å²) >= 11 is 0. The summed E-state index contributed by atoms with van der Waals surface area (Å²) in [4.78, 5) is 2.63. The first kappa shape index (κ1) is 16.5. The zero-order chi connectivity index (χ0) is 15.1. The average Bonchev–Trinajstić information content (AvgIpc) is 2.53. The fourth-order valence-electron chi connectivity index (χ4n) is 3.24. The predicted molar refractivity (Wildman–Crippen MR) is 88.5 cm³/mol. The molecule has 3 heteroatoms. The third-order valence-electron chi connectivity index (χ3n) is 4.38. The summed E-state index contributed by atoms with van der Waals surface area (Å²) in [6.07, 6.45) is 2.49. The Labute approximate surface area is 129 Å². The Morgan fingerprint density at radius 1 is 1.29 bits per heavy atom. The van der Waals surface area contributed by atoms with Crippen molar-refractivity contribution >= 4 is 0 Å². The van der Waals surface area contributed by atoms with Crippen LogP contribution in [-0.4, -0.2) is 43.3 Å². The number of nitrogens with one attached hydrogen (secondary N) is 1. The molecule has 0 spiro atoms. The highest BCUT2D eigenvalue weighted by atomic mass is 16.5. The Balaban J connectivity index is 2.09. The van der Waals surface area contributed by atoms with Gasteiger partial charge in [-0.3, -0.25) is 4.90 Å². The van der Waals surface area contributed by atoms with Gasteiger partial charge in [0.05, 0.1) is 6.61 Å². The van der Waals surface area contributed by atoms with Crippen LogP contribution in [0.15, 0.2) is 30.3 Å². The molecule has 1 aromatic rings. The Morgan fingerprint density at radius 3 is 2.71 bits per heavy atom. The maximum atomic E-state index is 5.67. The lowest BCUT2D eigenvalue weighted by atomic mass is 9.97. The van der Waals surface area contributed by atoms with E-state index < -0.39 is 0 Å². The lowest BCUT2D eigenvalue weighted by Gasteiger charge is -2.44. The van der Waals surface area contributed by atoms with Gasteiger partial charge >= 0.3 is 0 Å². The quantitative estimate of drug-likeness (QED) is 0.834. The third-order valence-corrected chi connectivity index (χ3v) is 4.38. The van der Waals surface area contributed by atoms with E-state index >= 15 is 0 Å². The second kappa shape index (κ2) is 8.52. The third kappa shape index (κ3) is 4.53. The second-order valence-electron chi connectivity index (χ2n) is 6.03. The molecule has 1 fully saturated rings. The molecule has 21 heavy (non-hydrogen) atoms. The lowest BCUT2D eigenvalue weighted by Crippen LogP contribution is -2.55. The number of ether oxygens (including phenoxy) is 1. The van der Waals surface area contributed by atoms with E-state index in [0.717, 1.165) is 26.3 Å². The van der Waals surface area contributed by atoms with Gasteiger partial charge in [0.1, 0.15) is 0 Å². The number of rotatable bonds is 7. The number of benzene rings is 1. The molecule has 0 radical (unpaired) electrons. The molecule has 0 aliphatic carbocycles. The van der Waals surface area contributed by atoms with E-state index in [2.05, 4.69) is 61.3 Å². The van der Waals surface area contributed by atoms with E-state index in [-0.39, 0.29) is 0 Å². The summed E-state index contributed by atoms with van der Waals surface area (Å²) in [5.41, 5.74) is 1.41. The van der Waals surface area contributed by atoms with Crippen molar-refractivity contribution < 1.29 is 4.74 Å². The first-order valence-electron chi connectivity index (χ1n) is 8.38. The molecule has 1 aliphatic heterocycles. The Morgan fingerprint density at radius 2 is 2.05 bits per heavy atom. The minimum atomic E-state index is 0.453. The van der Waals surface area contributed by atoms with Crippen LogP contribution in [0.5, 0.6) is 0 Å². The predicted octanol–water partition coefficient (Wildman–Crippen LogP) is 3.23. The van der Waals surface area contributed by atoms with Gasteiger partial charge in [0.2, 0.25) is 0 Å². The van der Waals surface area contributed by atoms with Crippen molar-refractivity contribution in [3.05, 3.63) is 35.9 Å². The van der Waals surface area contributed by atoms with Gasteiger partial charge in [-0.1, -0.05) is 43.7 Å². The molecule has 1 aromatic carbocycles. The monoisotopic (exact) mass is 290 g/mol. The number of nitrogens with zero attached hydrogens (tertiary/aromatic N) is 1. The van der Waals surface area contributed by atoms with Crippen LogP contribution in [0.3, 0.4) is 0 Å². The van der Waals surface area contributed by atoms with E-state index in [4.69, 9.17) is 4.74 Å². The fraction of sp³-hybridized carbons (Fsp3) is 0.667. The maximum absolute atomic E-state index is 5.67. The molecule has 0 amide bonds. The highest BCUT2D eigenvalue weighted by Crippen LogP contribution is 2.26. The second-order valence-corrected chi connectivity index (χ2v) is 6.03. The van der Waals surface area contributed by atoms with Crippen molar-refractivity contribution in [3.8, 4) is 0 Å². The van der Waals surface area contributed by atoms with Gasteiger partial charge in [0.25, 0.3) is 0 Å². The van der Waals surface area contributed by atoms with Gasteiger partial charge in [-0.2, -0.15) is 0 Å². The molecule has 1 saturated heterocycles. The van der Waals surface area contributed by atoms with E-state index in [1.807, 2.05) is 0 Å². The molecule has 3 atom stereocenters. The van der Waals surface area contributed by atoms with Crippen LogP contribution < -0.4 is 5.32 Å². The van der Waals surface area contributed by atoms with Crippen LogP contribution in [0.4, 0.5) is 0 Å². The van der Waals surface area contributed by atoms with E-state index in [9.17, 15) is 0 Å². The van der Waals surface area contributed by atoms with E-state index in [0.29, 0.717) is 18.1 Å². The highest BCUT2D eigenvalue weighted by Gasteiger charge is 2.31. The first-order valence-corrected chi connectivity index (χ1v) is 8.38. The van der Waals surface area contributed by atoms with Crippen LogP contribution in [0.25, 0.3) is 0 Å². The Kier molecular flexibility index (Phi) is 6.68. The summed E-state index contributed by atoms with van der Waals surface area (Å²) in [6, 6.07) is 12.4. The van der Waals surface area contributed by atoms with Crippen molar-refractivity contribution in [1.82, 2.24) is 10.2 Å². The lowest BCUT2D eigenvalue weighted by molar-refractivity contribution is 0.0264. The van der Waals surface area contributed by atoms with Crippen molar-refractivity contribution in [3.63, 3.8) is 0 Å². The Hall–Kier alpha value is -0.900. The van der Waals surface area contributed by atoms with Crippen LogP contribution >= 0.6 is 0 Å². The van der Waals surface area contributed by atoms with E-state index in [1.165, 1.54) is 18.4 Å². The molecule has 2 rings (SSSR count). The molecule has 3 unspecified atom stereocenters. The minimum absolute atomic E-state index is 0.453. The molecule has 0 saturated carbocycles. The van der Waals surface area contributed by atoms with Gasteiger partial charge in [-0.05, 0) is 25.8 Å². The molecule has 1 heterocycles. The summed E-state index contributed by atoms with van der Waals surface area (Å²) in [7, 11) is 0. The first-order chi connectivity index (χ1) is 10.3. The van der Waals surface area contributed by atoms with Crippen LogP contribution in [0.1, 0.15) is 45.2 Å². The molecule has 1 N–H and O–H groups in total. The van der Waals surface area contributed by atoms with Crippen molar-refractivity contribution in [2.24, 2.45) is 0 Å². The van der Waals surface area contributed by atoms with Gasteiger partial charge in [-0.25, -0.2) is 0 Å². The zero-order valence-electron chi connectivity index (χ0n) is 13.7. The summed E-state index contributed by atoms with van der Waals surface area (Å²) in [5, 5.41) is 3.73. The molecule has 0 bridgehead atoms. The fourth-order valence-corrected chi connectivity index (χ4v) is 3.24. The molecular formula is C18H30N2O. The largest absolute Gasteiger partial charge is 0.380 e. The summed E-state index contributed by atoms with van der Waals surface area (Å²) in [5.74, 6) is 0. The smallest absolute Gasteiger partial charge is 0.0619 e. The maximum Gasteiger partial charge on any atom is 0.0619 e. The van der Waals surface area contributed by atoms with Crippen molar-refractivity contribution in [2.75, 3.05) is 26.3 Å². The molecular weight excluding hydrogens is 260 g/mol. The van der Waals surface area contributed by atoms with Gasteiger partial charge < -0.3 is 10.1 Å². The molecule has 3 nitrogen and oxygen atoms in total. The molecule has 118 valence electrons. The van der Waals surface area contributed by atoms with Gasteiger partial charge in [0, 0.05) is 37.8 Å². The molecule has 0 aromatic heterocycles. The van der Waals surface area contributed by atoms with Crippen LogP contribution in [0, 0.1) is 0 Å². The summed E-state index contributed by atoms with van der Waals surface area (Å²) < 4.78 is 5.67. The molecule has 1 aliphatic rings. The standard InChI is InChI=1S/C18H30N2O/c1-4-9-17-13-20(15(3)14-21-5-2)18(12-19-17)16-10-7-6-8-11-16/h6-8,10-11,15,17-19H,4-5,9,12-14H2,1-3H3. The van der Waals surface area contributed by atoms with Gasteiger partial charge in [-0.15, -0.1) is 0 Å². The van der Waals surface area contributed by atoms with Crippen LogP contribution in [-0.2, 0) is 4.74 Å².